The SMILES string of the molecule is O=[N+]([O-])c1cccc(Cc2nccn2Cc2cccc(O)c2)c1. The van der Waals surface area contributed by atoms with Crippen LogP contribution in [0, 0.1) is 10.1 Å². The predicted molar refractivity (Wildman–Crippen MR) is 85.3 cm³/mol. The molecule has 3 aromatic rings. The van der Waals surface area contributed by atoms with Gasteiger partial charge in [-0.15, -0.1) is 0 Å². The smallest absolute Gasteiger partial charge is 0.269 e. The van der Waals surface area contributed by atoms with Crippen LogP contribution in [0.4, 0.5) is 5.69 Å². The van der Waals surface area contributed by atoms with Crippen molar-refractivity contribution in [2.45, 2.75) is 13.0 Å². The van der Waals surface area contributed by atoms with Gasteiger partial charge in [0.15, 0.2) is 0 Å². The molecule has 23 heavy (non-hydrogen) atoms. The molecular formula is C17H15N3O3. The summed E-state index contributed by atoms with van der Waals surface area (Å²) in [5.41, 5.74) is 1.87. The predicted octanol–water partition coefficient (Wildman–Crippen LogP) is 3.14. The van der Waals surface area contributed by atoms with E-state index in [0.717, 1.165) is 17.0 Å². The number of nitrogens with zero attached hydrogens (tertiary/aromatic N) is 3. The first-order chi connectivity index (χ1) is 11.1. The zero-order valence-electron chi connectivity index (χ0n) is 12.3. The Hall–Kier alpha value is -3.15. The molecule has 116 valence electrons. The van der Waals surface area contributed by atoms with Gasteiger partial charge in [0, 0.05) is 37.5 Å². The summed E-state index contributed by atoms with van der Waals surface area (Å²) in [6.45, 7) is 0.582. The fraction of sp³-hybridized carbons (Fsp3) is 0.118. The fourth-order valence-electron chi connectivity index (χ4n) is 2.47. The number of aromatic hydroxyl groups is 1. The first kappa shape index (κ1) is 14.8. The van der Waals surface area contributed by atoms with Gasteiger partial charge < -0.3 is 9.67 Å². The summed E-state index contributed by atoms with van der Waals surface area (Å²) in [6, 6.07) is 13.6. The summed E-state index contributed by atoms with van der Waals surface area (Å²) in [5, 5.41) is 20.4. The van der Waals surface area contributed by atoms with Crippen molar-refractivity contribution in [3.8, 4) is 5.75 Å². The fourth-order valence-corrected chi connectivity index (χ4v) is 2.47. The Morgan fingerprint density at radius 1 is 1.13 bits per heavy atom. The Balaban J connectivity index is 1.81. The van der Waals surface area contributed by atoms with Crippen molar-refractivity contribution < 1.29 is 10.0 Å². The molecule has 3 rings (SSSR count). The standard InChI is InChI=1S/C17H15N3O3/c21-16-6-2-4-14(10-16)12-19-8-7-18-17(19)11-13-3-1-5-15(9-13)20(22)23/h1-10,21H,11-12H2. The highest BCUT2D eigenvalue weighted by atomic mass is 16.6. The number of imidazole rings is 1. The maximum Gasteiger partial charge on any atom is 0.269 e. The largest absolute Gasteiger partial charge is 0.508 e. The van der Waals surface area contributed by atoms with Crippen molar-refractivity contribution in [1.82, 2.24) is 9.55 Å². The molecule has 0 radical (unpaired) electrons. The Bertz CT molecular complexity index is 842. The van der Waals surface area contributed by atoms with Crippen LogP contribution < -0.4 is 0 Å². The minimum absolute atomic E-state index is 0.0774. The highest BCUT2D eigenvalue weighted by molar-refractivity contribution is 5.35. The number of nitro benzene ring substituents is 1. The number of nitro groups is 1. The number of hydrogen-bond donors (Lipinski definition) is 1. The number of rotatable bonds is 5. The molecule has 0 saturated carbocycles. The number of hydrogen-bond acceptors (Lipinski definition) is 4. The lowest BCUT2D eigenvalue weighted by molar-refractivity contribution is -0.384. The lowest BCUT2D eigenvalue weighted by atomic mass is 10.1. The van der Waals surface area contributed by atoms with Crippen LogP contribution in [0.5, 0.6) is 5.75 Å². The quantitative estimate of drug-likeness (QED) is 0.580. The monoisotopic (exact) mass is 309 g/mol. The number of benzene rings is 2. The van der Waals surface area contributed by atoms with E-state index in [1.807, 2.05) is 22.9 Å². The Labute approximate surface area is 132 Å². The summed E-state index contributed by atoms with van der Waals surface area (Å²) in [6.07, 6.45) is 4.07. The van der Waals surface area contributed by atoms with Crippen molar-refractivity contribution in [3.05, 3.63) is 88.0 Å². The van der Waals surface area contributed by atoms with E-state index in [9.17, 15) is 15.2 Å². The van der Waals surface area contributed by atoms with Crippen molar-refractivity contribution >= 4 is 5.69 Å². The molecule has 0 aliphatic heterocycles. The lowest BCUT2D eigenvalue weighted by Crippen LogP contribution is -2.05. The van der Waals surface area contributed by atoms with Gasteiger partial charge in [0.05, 0.1) is 4.92 Å². The van der Waals surface area contributed by atoms with E-state index in [0.29, 0.717) is 13.0 Å². The third-order valence-electron chi connectivity index (χ3n) is 3.55. The molecule has 2 aromatic carbocycles. The van der Waals surface area contributed by atoms with Gasteiger partial charge >= 0.3 is 0 Å². The van der Waals surface area contributed by atoms with Crippen LogP contribution in [0.15, 0.2) is 60.9 Å². The second-order valence-electron chi connectivity index (χ2n) is 5.25. The molecule has 0 atom stereocenters. The first-order valence-electron chi connectivity index (χ1n) is 7.13. The molecular weight excluding hydrogens is 294 g/mol. The summed E-state index contributed by atoms with van der Waals surface area (Å²) >= 11 is 0. The molecule has 0 bridgehead atoms. The van der Waals surface area contributed by atoms with Crippen molar-refractivity contribution in [2.24, 2.45) is 0 Å². The molecule has 6 nitrogen and oxygen atoms in total. The number of aromatic nitrogens is 2. The maximum absolute atomic E-state index is 10.9. The molecule has 0 saturated heterocycles. The van der Waals surface area contributed by atoms with Crippen molar-refractivity contribution in [3.63, 3.8) is 0 Å². The molecule has 0 unspecified atom stereocenters. The van der Waals surface area contributed by atoms with Crippen molar-refractivity contribution in [1.29, 1.82) is 0 Å². The third-order valence-corrected chi connectivity index (χ3v) is 3.55. The normalized spacial score (nSPS) is 10.6. The summed E-state index contributed by atoms with van der Waals surface area (Å²) in [7, 11) is 0. The Morgan fingerprint density at radius 2 is 1.91 bits per heavy atom. The molecule has 1 N–H and O–H groups in total. The number of phenolic OH excluding ortho intramolecular Hbond substituents is 1. The average molecular weight is 309 g/mol. The molecule has 6 heteroatoms. The van der Waals surface area contributed by atoms with E-state index in [4.69, 9.17) is 0 Å². The van der Waals surface area contributed by atoms with E-state index >= 15 is 0 Å². The molecule has 1 heterocycles. The first-order valence-corrected chi connectivity index (χ1v) is 7.13. The van der Waals surface area contributed by atoms with Crippen LogP contribution in [0.2, 0.25) is 0 Å². The van der Waals surface area contributed by atoms with Crippen LogP contribution >= 0.6 is 0 Å². The van der Waals surface area contributed by atoms with Gasteiger partial charge in [-0.05, 0) is 23.3 Å². The Kier molecular flexibility index (Phi) is 4.05. The molecule has 0 spiro atoms. The van der Waals surface area contributed by atoms with Crippen LogP contribution in [0.1, 0.15) is 17.0 Å². The van der Waals surface area contributed by atoms with Crippen LogP contribution in [-0.4, -0.2) is 19.6 Å². The van der Waals surface area contributed by atoms with E-state index in [1.54, 1.807) is 36.5 Å². The molecule has 0 fully saturated rings. The van der Waals surface area contributed by atoms with E-state index in [1.165, 1.54) is 6.07 Å². The second kappa shape index (κ2) is 6.31. The number of phenols is 1. The minimum atomic E-state index is -0.400. The van der Waals surface area contributed by atoms with Crippen LogP contribution in [0.25, 0.3) is 0 Å². The lowest BCUT2D eigenvalue weighted by Gasteiger charge is -2.08. The van der Waals surface area contributed by atoms with Gasteiger partial charge in [-0.2, -0.15) is 0 Å². The summed E-state index contributed by atoms with van der Waals surface area (Å²) in [4.78, 5) is 14.8. The van der Waals surface area contributed by atoms with E-state index in [2.05, 4.69) is 4.98 Å². The maximum atomic E-state index is 10.9. The zero-order chi connectivity index (χ0) is 16.2. The zero-order valence-corrected chi connectivity index (χ0v) is 12.3. The molecule has 0 aliphatic carbocycles. The highest BCUT2D eigenvalue weighted by Gasteiger charge is 2.09. The van der Waals surface area contributed by atoms with Gasteiger partial charge in [0.1, 0.15) is 11.6 Å². The van der Waals surface area contributed by atoms with E-state index in [-0.39, 0.29) is 11.4 Å². The average Bonchev–Trinajstić information content (AvgIpc) is 2.94. The Morgan fingerprint density at radius 3 is 2.70 bits per heavy atom. The summed E-state index contributed by atoms with van der Waals surface area (Å²) in [5.74, 6) is 1.04. The third kappa shape index (κ3) is 3.55. The second-order valence-corrected chi connectivity index (χ2v) is 5.25. The van der Waals surface area contributed by atoms with Crippen LogP contribution in [-0.2, 0) is 13.0 Å². The van der Waals surface area contributed by atoms with Crippen molar-refractivity contribution in [2.75, 3.05) is 0 Å². The van der Waals surface area contributed by atoms with Gasteiger partial charge in [0.25, 0.3) is 5.69 Å². The summed E-state index contributed by atoms with van der Waals surface area (Å²) < 4.78 is 1.97. The van der Waals surface area contributed by atoms with Gasteiger partial charge in [-0.1, -0.05) is 24.3 Å². The van der Waals surface area contributed by atoms with Crippen LogP contribution in [0.3, 0.4) is 0 Å². The number of non-ortho nitro benzene ring substituents is 1. The topological polar surface area (TPSA) is 81.2 Å². The van der Waals surface area contributed by atoms with Gasteiger partial charge in [0.2, 0.25) is 0 Å². The van der Waals surface area contributed by atoms with Gasteiger partial charge in [-0.3, -0.25) is 10.1 Å². The molecule has 1 aromatic heterocycles. The van der Waals surface area contributed by atoms with Gasteiger partial charge in [-0.25, -0.2) is 4.98 Å². The van der Waals surface area contributed by atoms with E-state index < -0.39 is 4.92 Å². The minimum Gasteiger partial charge on any atom is -0.508 e. The highest BCUT2D eigenvalue weighted by Crippen LogP contribution is 2.17. The molecule has 0 aliphatic rings. The molecule has 0 amide bonds.